The number of nitrogens with zero attached hydrogens (tertiary/aromatic N) is 4. The molecule has 0 spiro atoms. The number of aromatic nitrogens is 3. The Bertz CT molecular complexity index is 590. The molecule has 0 aliphatic rings. The van der Waals surface area contributed by atoms with Gasteiger partial charge in [-0.05, 0) is 31.2 Å². The van der Waals surface area contributed by atoms with Crippen molar-refractivity contribution < 1.29 is 4.79 Å². The van der Waals surface area contributed by atoms with Crippen LogP contribution in [-0.4, -0.2) is 39.2 Å². The molecule has 2 rings (SSSR count). The van der Waals surface area contributed by atoms with Gasteiger partial charge in [0, 0.05) is 32.2 Å². The van der Waals surface area contributed by atoms with E-state index in [0.717, 1.165) is 37.2 Å². The van der Waals surface area contributed by atoms with Crippen molar-refractivity contribution in [2.75, 3.05) is 13.6 Å². The smallest absolute Gasteiger partial charge is 0.273 e. The third-order valence-electron chi connectivity index (χ3n) is 3.30. The van der Waals surface area contributed by atoms with Crippen LogP contribution in [0.4, 0.5) is 0 Å². The highest BCUT2D eigenvalue weighted by Crippen LogP contribution is 2.13. The quantitative estimate of drug-likeness (QED) is 0.790. The largest absolute Gasteiger partial charge is 0.340 e. The first-order valence-corrected chi connectivity index (χ1v) is 8.15. The Labute approximate surface area is 129 Å². The molecule has 0 unspecified atom stereocenters. The van der Waals surface area contributed by atoms with Crippen LogP contribution < -0.4 is 0 Å². The summed E-state index contributed by atoms with van der Waals surface area (Å²) in [7, 11) is 3.75. The van der Waals surface area contributed by atoms with Crippen LogP contribution in [0.3, 0.4) is 0 Å². The van der Waals surface area contributed by atoms with Gasteiger partial charge in [-0.2, -0.15) is 5.10 Å². The Balaban J connectivity index is 1.81. The molecule has 21 heavy (non-hydrogen) atoms. The molecule has 0 bridgehead atoms. The third-order valence-corrected chi connectivity index (χ3v) is 4.21. The molecule has 0 saturated carbocycles. The van der Waals surface area contributed by atoms with E-state index >= 15 is 0 Å². The summed E-state index contributed by atoms with van der Waals surface area (Å²) in [5, 5.41) is 7.06. The molecule has 0 aromatic carbocycles. The highest BCUT2D eigenvalue weighted by Gasteiger charge is 2.15. The first kappa shape index (κ1) is 15.7. The van der Waals surface area contributed by atoms with E-state index in [1.165, 1.54) is 5.56 Å². The zero-order valence-electron chi connectivity index (χ0n) is 12.9. The molecule has 0 fully saturated rings. The van der Waals surface area contributed by atoms with Crippen molar-refractivity contribution in [1.82, 2.24) is 19.7 Å². The number of carbonyl (C=O) groups is 1. The molecule has 1 amide bonds. The summed E-state index contributed by atoms with van der Waals surface area (Å²) in [6.07, 6.45) is 7.76. The fraction of sp³-hybridized carbons (Fsp3) is 0.533. The number of hydrogen-bond donors (Lipinski definition) is 0. The lowest BCUT2D eigenvalue weighted by Gasteiger charge is -2.15. The predicted molar refractivity (Wildman–Crippen MR) is 84.6 cm³/mol. The molecule has 6 heteroatoms. The van der Waals surface area contributed by atoms with Crippen molar-refractivity contribution in [1.29, 1.82) is 0 Å². The van der Waals surface area contributed by atoms with Gasteiger partial charge in [0.25, 0.3) is 5.91 Å². The van der Waals surface area contributed by atoms with Crippen molar-refractivity contribution >= 4 is 17.2 Å². The van der Waals surface area contributed by atoms with Gasteiger partial charge in [-0.3, -0.25) is 9.48 Å². The highest BCUT2D eigenvalue weighted by atomic mass is 32.1. The van der Waals surface area contributed by atoms with Crippen molar-refractivity contribution in [2.24, 2.45) is 7.05 Å². The summed E-state index contributed by atoms with van der Waals surface area (Å²) in [5.74, 6) is 0.0137. The van der Waals surface area contributed by atoms with E-state index in [1.807, 2.05) is 31.9 Å². The summed E-state index contributed by atoms with van der Waals surface area (Å²) in [5.41, 5.74) is 1.78. The second-order valence-electron chi connectivity index (χ2n) is 5.23. The van der Waals surface area contributed by atoms with E-state index in [-0.39, 0.29) is 5.91 Å². The standard InChI is InChI=1S/C15H22N4OS/c1-4-6-14-17-13(11-21-14)15(20)18(2)8-5-7-12-9-16-19(3)10-12/h9-11H,4-8H2,1-3H3. The van der Waals surface area contributed by atoms with Crippen LogP contribution in [-0.2, 0) is 19.9 Å². The van der Waals surface area contributed by atoms with Gasteiger partial charge < -0.3 is 4.90 Å². The molecule has 2 aromatic heterocycles. The highest BCUT2D eigenvalue weighted by molar-refractivity contribution is 7.09. The normalized spacial score (nSPS) is 10.8. The van der Waals surface area contributed by atoms with Crippen LogP contribution in [0, 0.1) is 0 Å². The summed E-state index contributed by atoms with van der Waals surface area (Å²) in [4.78, 5) is 18.4. The van der Waals surface area contributed by atoms with Crippen LogP contribution >= 0.6 is 11.3 Å². The number of hydrogen-bond acceptors (Lipinski definition) is 4. The van der Waals surface area contributed by atoms with Crippen molar-refractivity contribution in [3.63, 3.8) is 0 Å². The topological polar surface area (TPSA) is 51.0 Å². The number of carbonyl (C=O) groups excluding carboxylic acids is 1. The van der Waals surface area contributed by atoms with Gasteiger partial charge in [0.1, 0.15) is 5.69 Å². The van der Waals surface area contributed by atoms with Gasteiger partial charge in [0.15, 0.2) is 0 Å². The minimum absolute atomic E-state index is 0.0137. The van der Waals surface area contributed by atoms with E-state index in [1.54, 1.807) is 20.9 Å². The van der Waals surface area contributed by atoms with Gasteiger partial charge in [0.2, 0.25) is 0 Å². The van der Waals surface area contributed by atoms with Crippen molar-refractivity contribution in [3.05, 3.63) is 34.0 Å². The number of rotatable bonds is 7. The molecule has 114 valence electrons. The molecule has 5 nitrogen and oxygen atoms in total. The Hall–Kier alpha value is -1.69. The summed E-state index contributed by atoms with van der Waals surface area (Å²) in [6.45, 7) is 2.85. The van der Waals surface area contributed by atoms with Gasteiger partial charge in [0.05, 0.1) is 11.2 Å². The van der Waals surface area contributed by atoms with Gasteiger partial charge >= 0.3 is 0 Å². The zero-order chi connectivity index (χ0) is 15.2. The van der Waals surface area contributed by atoms with Crippen LogP contribution in [0.1, 0.15) is 40.8 Å². The van der Waals surface area contributed by atoms with Crippen LogP contribution in [0.5, 0.6) is 0 Å². The summed E-state index contributed by atoms with van der Waals surface area (Å²) < 4.78 is 1.80. The molecule has 0 atom stereocenters. The minimum Gasteiger partial charge on any atom is -0.340 e. The lowest BCUT2D eigenvalue weighted by atomic mass is 10.2. The number of amides is 1. The first-order valence-electron chi connectivity index (χ1n) is 7.27. The monoisotopic (exact) mass is 306 g/mol. The molecule has 0 N–H and O–H groups in total. The number of aryl methyl sites for hydroxylation is 3. The van der Waals surface area contributed by atoms with Gasteiger partial charge in [-0.1, -0.05) is 6.92 Å². The zero-order valence-corrected chi connectivity index (χ0v) is 13.7. The number of thiazole rings is 1. The summed E-state index contributed by atoms with van der Waals surface area (Å²) >= 11 is 1.57. The second kappa shape index (κ2) is 7.36. The average Bonchev–Trinajstić information content (AvgIpc) is 3.08. The molecular weight excluding hydrogens is 284 g/mol. The lowest BCUT2D eigenvalue weighted by Crippen LogP contribution is -2.28. The summed E-state index contributed by atoms with van der Waals surface area (Å²) in [6, 6.07) is 0. The fourth-order valence-electron chi connectivity index (χ4n) is 2.16. The van der Waals surface area contributed by atoms with Gasteiger partial charge in [-0.15, -0.1) is 11.3 Å². The van der Waals surface area contributed by atoms with Crippen LogP contribution in [0.15, 0.2) is 17.8 Å². The van der Waals surface area contributed by atoms with Crippen molar-refractivity contribution in [3.8, 4) is 0 Å². The van der Waals surface area contributed by atoms with E-state index in [2.05, 4.69) is 17.0 Å². The molecule has 0 saturated heterocycles. The van der Waals surface area contributed by atoms with Gasteiger partial charge in [-0.25, -0.2) is 4.98 Å². The predicted octanol–water partition coefficient (Wildman–Crippen LogP) is 2.53. The van der Waals surface area contributed by atoms with Crippen molar-refractivity contribution in [2.45, 2.75) is 32.6 Å². The molecule has 0 aliphatic carbocycles. The maximum atomic E-state index is 12.3. The second-order valence-corrected chi connectivity index (χ2v) is 6.17. The van der Waals surface area contributed by atoms with E-state index in [0.29, 0.717) is 5.69 Å². The average molecular weight is 306 g/mol. The Morgan fingerprint density at radius 1 is 1.43 bits per heavy atom. The third kappa shape index (κ3) is 4.39. The van der Waals surface area contributed by atoms with Crippen LogP contribution in [0.25, 0.3) is 0 Å². The minimum atomic E-state index is 0.0137. The SMILES string of the molecule is CCCc1nc(C(=O)N(C)CCCc2cnn(C)c2)cs1. The fourth-order valence-corrected chi connectivity index (χ4v) is 3.03. The Morgan fingerprint density at radius 2 is 2.24 bits per heavy atom. The van der Waals surface area contributed by atoms with Crippen LogP contribution in [0.2, 0.25) is 0 Å². The maximum absolute atomic E-state index is 12.3. The maximum Gasteiger partial charge on any atom is 0.273 e. The molecule has 2 heterocycles. The van der Waals surface area contributed by atoms with E-state index < -0.39 is 0 Å². The van der Waals surface area contributed by atoms with E-state index in [4.69, 9.17) is 0 Å². The van der Waals surface area contributed by atoms with E-state index in [9.17, 15) is 4.79 Å². The molecular formula is C15H22N4OS. The lowest BCUT2D eigenvalue weighted by molar-refractivity contribution is 0.0788. The Morgan fingerprint density at radius 3 is 2.90 bits per heavy atom. The first-order chi connectivity index (χ1) is 10.1. The Kier molecular flexibility index (Phi) is 5.50. The molecule has 0 radical (unpaired) electrons. The molecule has 0 aliphatic heterocycles. The molecule has 2 aromatic rings.